The lowest BCUT2D eigenvalue weighted by molar-refractivity contribution is -0.160. The summed E-state index contributed by atoms with van der Waals surface area (Å²) >= 11 is 2.76. The smallest absolute Gasteiger partial charge is 0.337 e. The SMILES string of the molecule is CC(C)c1nc2c(c(-c3ccc(F)cc3)c1C(OC(C)(C)C)C(=O)O)C[N]([Al])CC2(C)C. The summed E-state index contributed by atoms with van der Waals surface area (Å²) in [5.41, 5.74) is 3.83. The number of carbonyl (C=O) groups is 1. The quantitative estimate of drug-likeness (QED) is 0.635. The van der Waals surface area contributed by atoms with Gasteiger partial charge >= 0.3 is 5.97 Å². The van der Waals surface area contributed by atoms with Gasteiger partial charge in [0.25, 0.3) is 16.5 Å². The number of carboxylic acids is 1. The van der Waals surface area contributed by atoms with Crippen LogP contribution < -0.4 is 0 Å². The molecule has 2 radical (unpaired) electrons. The first-order valence-electron chi connectivity index (χ1n) is 10.9. The second-order valence-corrected chi connectivity index (χ2v) is 11.2. The number of halogens is 1. The summed E-state index contributed by atoms with van der Waals surface area (Å²) in [4.78, 5) is 17.6. The second-order valence-electron chi connectivity index (χ2n) is 10.5. The zero-order chi connectivity index (χ0) is 24.0. The number of aromatic nitrogens is 1. The lowest BCUT2D eigenvalue weighted by Gasteiger charge is -2.41. The Bertz CT molecular complexity index is 1010. The Labute approximate surface area is 198 Å². The van der Waals surface area contributed by atoms with Crippen LogP contribution in [-0.2, 0) is 21.5 Å². The van der Waals surface area contributed by atoms with E-state index < -0.39 is 17.7 Å². The lowest BCUT2D eigenvalue weighted by atomic mass is 9.77. The van der Waals surface area contributed by atoms with Crippen molar-refractivity contribution in [2.75, 3.05) is 6.54 Å². The molecule has 32 heavy (non-hydrogen) atoms. The Morgan fingerprint density at radius 1 is 1.25 bits per heavy atom. The van der Waals surface area contributed by atoms with E-state index in [9.17, 15) is 14.3 Å². The molecule has 1 atom stereocenters. The normalized spacial score (nSPS) is 17.3. The van der Waals surface area contributed by atoms with Crippen molar-refractivity contribution in [1.82, 2.24) is 8.87 Å². The van der Waals surface area contributed by atoms with E-state index >= 15 is 0 Å². The summed E-state index contributed by atoms with van der Waals surface area (Å²) < 4.78 is 22.0. The van der Waals surface area contributed by atoms with Crippen LogP contribution in [0.25, 0.3) is 11.1 Å². The first-order chi connectivity index (χ1) is 14.7. The van der Waals surface area contributed by atoms with E-state index in [4.69, 9.17) is 9.72 Å². The highest BCUT2D eigenvalue weighted by molar-refractivity contribution is 6.04. The van der Waals surface area contributed by atoms with Crippen molar-refractivity contribution >= 4 is 22.5 Å². The van der Waals surface area contributed by atoms with Crippen molar-refractivity contribution in [2.45, 2.75) is 78.0 Å². The molecule has 0 fully saturated rings. The second kappa shape index (κ2) is 8.87. The number of aliphatic carboxylic acids is 1. The van der Waals surface area contributed by atoms with Crippen LogP contribution >= 0.6 is 0 Å². The average Bonchev–Trinajstić information content (AvgIpc) is 2.64. The zero-order valence-electron chi connectivity index (χ0n) is 20.0. The number of fused-ring (bicyclic) bond motifs is 1. The Hall–Kier alpha value is -1.78. The number of hydrogen-bond acceptors (Lipinski definition) is 4. The lowest BCUT2D eigenvalue weighted by Crippen LogP contribution is -2.42. The molecule has 2 aromatic rings. The van der Waals surface area contributed by atoms with Crippen molar-refractivity contribution in [2.24, 2.45) is 0 Å². The van der Waals surface area contributed by atoms with Gasteiger partial charge in [-0.3, -0.25) is 4.98 Å². The zero-order valence-corrected chi connectivity index (χ0v) is 21.1. The minimum Gasteiger partial charge on any atom is -0.479 e. The molecule has 5 nitrogen and oxygen atoms in total. The molecule has 0 aliphatic carbocycles. The Morgan fingerprint density at radius 2 is 1.84 bits per heavy atom. The topological polar surface area (TPSA) is 62.7 Å². The van der Waals surface area contributed by atoms with E-state index in [0.717, 1.165) is 28.9 Å². The maximum absolute atomic E-state index is 13.8. The number of nitrogens with zero attached hydrogens (tertiary/aromatic N) is 2. The van der Waals surface area contributed by atoms with Crippen LogP contribution in [0.2, 0.25) is 0 Å². The molecule has 7 heteroatoms. The minimum atomic E-state index is -1.20. The highest BCUT2D eigenvalue weighted by Crippen LogP contribution is 2.44. The van der Waals surface area contributed by atoms with Crippen LogP contribution in [0.15, 0.2) is 24.3 Å². The third-order valence-corrected chi connectivity index (χ3v) is 5.97. The molecule has 170 valence electrons. The predicted octanol–water partition coefficient (Wildman–Crippen LogP) is 5.13. The summed E-state index contributed by atoms with van der Waals surface area (Å²) in [5, 5.41) is 10.2. The summed E-state index contributed by atoms with van der Waals surface area (Å²) in [6.07, 6.45) is -1.20. The first-order valence-corrected chi connectivity index (χ1v) is 11.5. The molecule has 0 bridgehead atoms. The van der Waals surface area contributed by atoms with Gasteiger partial charge in [0, 0.05) is 17.5 Å². The Balaban J connectivity index is 2.47. The van der Waals surface area contributed by atoms with E-state index in [0.29, 0.717) is 17.8 Å². The maximum Gasteiger partial charge on any atom is 0.337 e. The fourth-order valence-electron chi connectivity index (χ4n) is 4.45. The molecule has 3 rings (SSSR count). The van der Waals surface area contributed by atoms with Crippen molar-refractivity contribution in [3.63, 3.8) is 0 Å². The highest BCUT2D eigenvalue weighted by Gasteiger charge is 2.39. The van der Waals surface area contributed by atoms with Gasteiger partial charge in [-0.05, 0) is 62.1 Å². The van der Waals surface area contributed by atoms with Crippen LogP contribution in [-0.4, -0.2) is 48.6 Å². The van der Waals surface area contributed by atoms with E-state index in [1.807, 2.05) is 34.6 Å². The molecule has 0 amide bonds. The van der Waals surface area contributed by atoms with Gasteiger partial charge in [-0.1, -0.05) is 39.8 Å². The molecule has 1 N–H and O–H groups in total. The van der Waals surface area contributed by atoms with Crippen molar-refractivity contribution in [3.05, 3.63) is 52.6 Å². The average molecular weight is 455 g/mol. The summed E-state index contributed by atoms with van der Waals surface area (Å²) in [6.45, 7) is 15.2. The fraction of sp³-hybridized carbons (Fsp3) is 0.520. The van der Waals surface area contributed by atoms with Gasteiger partial charge in [0.15, 0.2) is 6.10 Å². The number of ether oxygens (including phenoxy) is 1. The van der Waals surface area contributed by atoms with Crippen LogP contribution in [0.4, 0.5) is 4.39 Å². The largest absolute Gasteiger partial charge is 0.479 e. The number of carboxylic acid groups (broad SMARTS) is 1. The molecule has 0 saturated carbocycles. The molecular weight excluding hydrogens is 422 g/mol. The fourth-order valence-corrected chi connectivity index (χ4v) is 5.09. The number of benzene rings is 1. The highest BCUT2D eigenvalue weighted by atomic mass is 27.1. The standard InChI is InChI=1S/C25H32FN2O3.Al/c1-14(2)20-19(21(23(29)30)31-24(3,4)5)18(15-8-10-16(26)11-9-15)17-12-27-13-25(6,7)22(17)28-20;/h8-11,14,21H,12-13H2,1-7H3,(H,29,30);/q-1;+1. The van der Waals surface area contributed by atoms with Gasteiger partial charge in [0.1, 0.15) is 5.82 Å². The van der Waals surface area contributed by atoms with Crippen LogP contribution in [0.3, 0.4) is 0 Å². The molecule has 2 heterocycles. The molecule has 1 aliphatic rings. The van der Waals surface area contributed by atoms with E-state index in [1.165, 1.54) is 12.1 Å². The van der Waals surface area contributed by atoms with Crippen LogP contribution in [0.1, 0.15) is 83.0 Å². The third kappa shape index (κ3) is 5.07. The first kappa shape index (κ1) is 24.9. The molecule has 1 aliphatic heterocycles. The molecule has 1 aromatic heterocycles. The molecular formula is C25H32AlFN2O3. The number of rotatable bonds is 5. The molecule has 1 aromatic carbocycles. The van der Waals surface area contributed by atoms with Gasteiger partial charge in [-0.25, -0.2) is 9.18 Å². The molecule has 0 spiro atoms. The summed E-state index contributed by atoms with van der Waals surface area (Å²) in [6, 6.07) is 6.24. The Kier molecular flexibility index (Phi) is 6.89. The number of hydrogen-bond donors (Lipinski definition) is 1. The number of pyridine rings is 1. The van der Waals surface area contributed by atoms with Crippen molar-refractivity contribution < 1.29 is 19.0 Å². The minimum absolute atomic E-state index is 0.0234. The van der Waals surface area contributed by atoms with Crippen LogP contribution in [0, 0.1) is 5.82 Å². The van der Waals surface area contributed by atoms with E-state index in [-0.39, 0.29) is 17.2 Å². The van der Waals surface area contributed by atoms with Gasteiger partial charge in [0.05, 0.1) is 17.0 Å². The van der Waals surface area contributed by atoms with Crippen molar-refractivity contribution in [1.29, 1.82) is 0 Å². The van der Waals surface area contributed by atoms with E-state index in [1.54, 1.807) is 12.1 Å². The van der Waals surface area contributed by atoms with Gasteiger partial charge in [-0.2, -0.15) is 0 Å². The van der Waals surface area contributed by atoms with Crippen molar-refractivity contribution in [3.8, 4) is 11.1 Å². The summed E-state index contributed by atoms with van der Waals surface area (Å²) in [7, 11) is 0. The van der Waals surface area contributed by atoms with E-state index in [2.05, 4.69) is 34.2 Å². The van der Waals surface area contributed by atoms with Crippen LogP contribution in [0.5, 0.6) is 0 Å². The maximum atomic E-state index is 13.8. The Morgan fingerprint density at radius 3 is 2.34 bits per heavy atom. The monoisotopic (exact) mass is 454 g/mol. The van der Waals surface area contributed by atoms with Gasteiger partial charge in [0.2, 0.25) is 0 Å². The predicted molar refractivity (Wildman–Crippen MR) is 124 cm³/mol. The van der Waals surface area contributed by atoms with Gasteiger partial charge < -0.3 is 13.7 Å². The third-order valence-electron chi connectivity index (χ3n) is 5.60. The van der Waals surface area contributed by atoms with Gasteiger partial charge in [-0.15, -0.1) is 0 Å². The summed E-state index contributed by atoms with van der Waals surface area (Å²) in [5.74, 6) is -1.43. The molecule has 0 saturated heterocycles. The molecule has 1 unspecified atom stereocenters.